The summed E-state index contributed by atoms with van der Waals surface area (Å²) in [6.07, 6.45) is 5.20. The van der Waals surface area contributed by atoms with Crippen molar-refractivity contribution in [2.45, 2.75) is 37.8 Å². The first-order chi connectivity index (χ1) is 14.2. The van der Waals surface area contributed by atoms with Crippen molar-refractivity contribution >= 4 is 16.8 Å². The van der Waals surface area contributed by atoms with E-state index in [2.05, 4.69) is 20.5 Å². The number of hydrogen-bond donors (Lipinski definition) is 2. The number of aromatic nitrogens is 1. The molecule has 0 saturated carbocycles. The Kier molecular flexibility index (Phi) is 5.14. The second-order valence-electron chi connectivity index (χ2n) is 8.72. The number of ether oxygens (including phenoxy) is 1. The first kappa shape index (κ1) is 18.8. The molecule has 0 radical (unpaired) electrons. The van der Waals surface area contributed by atoms with E-state index in [0.29, 0.717) is 36.0 Å². The van der Waals surface area contributed by atoms with Gasteiger partial charge in [-0.05, 0) is 62.9 Å². The third-order valence-corrected chi connectivity index (χ3v) is 7.13. The summed E-state index contributed by atoms with van der Waals surface area (Å²) >= 11 is 0. The number of nitrogens with zero attached hydrogens (tertiary/aromatic N) is 2. The van der Waals surface area contributed by atoms with E-state index in [-0.39, 0.29) is 5.91 Å². The number of benzene rings is 1. The summed E-state index contributed by atoms with van der Waals surface area (Å²) in [6, 6.07) is 10.6. The lowest BCUT2D eigenvalue weighted by molar-refractivity contribution is -0.0371. The third kappa shape index (κ3) is 3.49. The SMILES string of the molecule is COc1cc(C(=O)NC[C@H]2[C@@H]3CNC[C@@H](C3)[C@@H]3CCCCN32)nc2ccccc12. The number of piperidine rings is 3. The maximum Gasteiger partial charge on any atom is 0.270 e. The van der Waals surface area contributed by atoms with Crippen molar-refractivity contribution in [3.8, 4) is 5.75 Å². The molecular formula is C23H30N4O2. The van der Waals surface area contributed by atoms with Crippen LogP contribution >= 0.6 is 0 Å². The third-order valence-electron chi connectivity index (χ3n) is 7.13. The molecule has 3 aliphatic heterocycles. The number of methoxy groups -OCH3 is 1. The molecular weight excluding hydrogens is 364 g/mol. The highest BCUT2D eigenvalue weighted by atomic mass is 16.5. The molecule has 6 nitrogen and oxygen atoms in total. The summed E-state index contributed by atoms with van der Waals surface area (Å²) in [4.78, 5) is 20.2. The van der Waals surface area contributed by atoms with Crippen LogP contribution in [0.25, 0.3) is 10.9 Å². The van der Waals surface area contributed by atoms with E-state index in [1.54, 1.807) is 13.2 Å². The maximum atomic E-state index is 13.0. The molecule has 3 saturated heterocycles. The molecule has 1 amide bonds. The lowest BCUT2D eigenvalue weighted by Gasteiger charge is -2.55. The number of rotatable bonds is 4. The van der Waals surface area contributed by atoms with Gasteiger partial charge in [0.2, 0.25) is 0 Å². The fourth-order valence-electron chi connectivity index (χ4n) is 5.76. The molecule has 4 heterocycles. The minimum absolute atomic E-state index is 0.117. The molecule has 0 unspecified atom stereocenters. The molecule has 2 aromatic rings. The van der Waals surface area contributed by atoms with Crippen LogP contribution in [0.3, 0.4) is 0 Å². The van der Waals surface area contributed by atoms with Gasteiger partial charge in [0, 0.05) is 30.1 Å². The molecule has 1 aromatic heterocycles. The van der Waals surface area contributed by atoms with Gasteiger partial charge < -0.3 is 15.4 Å². The van der Waals surface area contributed by atoms with Gasteiger partial charge in [0.1, 0.15) is 11.4 Å². The van der Waals surface area contributed by atoms with E-state index in [4.69, 9.17) is 4.74 Å². The Bertz CT molecular complexity index is 902. The van der Waals surface area contributed by atoms with E-state index >= 15 is 0 Å². The van der Waals surface area contributed by atoms with Gasteiger partial charge in [-0.2, -0.15) is 0 Å². The lowest BCUT2D eigenvalue weighted by Crippen LogP contribution is -2.65. The number of amides is 1. The molecule has 4 atom stereocenters. The van der Waals surface area contributed by atoms with Crippen molar-refractivity contribution in [2.75, 3.05) is 33.3 Å². The van der Waals surface area contributed by atoms with Crippen molar-refractivity contribution in [1.29, 1.82) is 0 Å². The summed E-state index contributed by atoms with van der Waals surface area (Å²) in [5, 5.41) is 7.76. The number of hydrogen-bond acceptors (Lipinski definition) is 5. The Balaban J connectivity index is 1.34. The predicted molar refractivity (Wildman–Crippen MR) is 113 cm³/mol. The molecule has 3 aliphatic rings. The highest BCUT2D eigenvalue weighted by molar-refractivity contribution is 5.97. The molecule has 2 bridgehead atoms. The van der Waals surface area contributed by atoms with Crippen LogP contribution in [0.4, 0.5) is 0 Å². The van der Waals surface area contributed by atoms with Gasteiger partial charge in [-0.15, -0.1) is 0 Å². The van der Waals surface area contributed by atoms with Crippen LogP contribution in [0.15, 0.2) is 30.3 Å². The second-order valence-corrected chi connectivity index (χ2v) is 8.72. The van der Waals surface area contributed by atoms with Crippen LogP contribution in [-0.2, 0) is 0 Å². The number of carbonyl (C=O) groups is 1. The Labute approximate surface area is 172 Å². The first-order valence-electron chi connectivity index (χ1n) is 10.9. The van der Waals surface area contributed by atoms with Gasteiger partial charge in [-0.1, -0.05) is 18.6 Å². The fourth-order valence-corrected chi connectivity index (χ4v) is 5.76. The minimum Gasteiger partial charge on any atom is -0.496 e. The van der Waals surface area contributed by atoms with E-state index in [9.17, 15) is 4.79 Å². The van der Waals surface area contributed by atoms with Crippen molar-refractivity contribution in [3.05, 3.63) is 36.0 Å². The molecule has 6 heteroatoms. The Morgan fingerprint density at radius 3 is 3.03 bits per heavy atom. The summed E-state index contributed by atoms with van der Waals surface area (Å²) < 4.78 is 5.50. The van der Waals surface area contributed by atoms with Gasteiger partial charge in [-0.25, -0.2) is 4.98 Å². The molecule has 154 valence electrons. The Morgan fingerprint density at radius 1 is 1.28 bits per heavy atom. The highest BCUT2D eigenvalue weighted by Gasteiger charge is 2.45. The fraction of sp³-hybridized carbons (Fsp3) is 0.565. The molecule has 2 N–H and O–H groups in total. The van der Waals surface area contributed by atoms with Crippen LogP contribution < -0.4 is 15.4 Å². The normalized spacial score (nSPS) is 29.3. The lowest BCUT2D eigenvalue weighted by atomic mass is 9.73. The summed E-state index contributed by atoms with van der Waals surface area (Å²) in [7, 11) is 1.63. The zero-order valence-electron chi connectivity index (χ0n) is 17.1. The molecule has 1 aromatic carbocycles. The molecule has 0 aliphatic carbocycles. The summed E-state index contributed by atoms with van der Waals surface area (Å²) in [5.41, 5.74) is 1.20. The van der Waals surface area contributed by atoms with Gasteiger partial charge in [-0.3, -0.25) is 9.69 Å². The Hall–Kier alpha value is -2.18. The number of pyridine rings is 1. The van der Waals surface area contributed by atoms with Crippen LogP contribution in [0, 0.1) is 11.8 Å². The zero-order chi connectivity index (χ0) is 19.8. The standard InChI is InChI=1S/C23H30N4O2/c1-29-22-11-19(26-18-7-3-2-6-17(18)22)23(28)25-14-21-16-10-15(12-24-13-16)20-8-4-5-9-27(20)21/h2-3,6-7,11,15-16,20-21,24H,4-5,8-10,12-14H2,1H3,(H,25,28)/t15-,16+,20+,21+/m1/s1. The van der Waals surface area contributed by atoms with Crippen LogP contribution in [-0.4, -0.2) is 61.2 Å². The topological polar surface area (TPSA) is 66.5 Å². The molecule has 3 fully saturated rings. The van der Waals surface area contributed by atoms with Gasteiger partial charge in [0.25, 0.3) is 5.91 Å². The first-order valence-corrected chi connectivity index (χ1v) is 10.9. The Morgan fingerprint density at radius 2 is 2.14 bits per heavy atom. The average Bonchev–Trinajstić information content (AvgIpc) is 2.78. The van der Waals surface area contributed by atoms with E-state index < -0.39 is 0 Å². The largest absolute Gasteiger partial charge is 0.496 e. The van der Waals surface area contributed by atoms with E-state index in [1.807, 2.05) is 24.3 Å². The quantitative estimate of drug-likeness (QED) is 0.834. The maximum absolute atomic E-state index is 13.0. The molecule has 5 rings (SSSR count). The average molecular weight is 395 g/mol. The predicted octanol–water partition coefficient (Wildman–Crippen LogP) is 2.44. The molecule has 29 heavy (non-hydrogen) atoms. The number of nitrogens with one attached hydrogen (secondary N) is 2. The summed E-state index contributed by atoms with van der Waals surface area (Å²) in [5.74, 6) is 1.96. The van der Waals surface area contributed by atoms with Gasteiger partial charge in [0.15, 0.2) is 0 Å². The van der Waals surface area contributed by atoms with Crippen LogP contribution in [0.1, 0.15) is 36.2 Å². The monoisotopic (exact) mass is 394 g/mol. The van der Waals surface area contributed by atoms with Crippen molar-refractivity contribution in [3.63, 3.8) is 0 Å². The van der Waals surface area contributed by atoms with Gasteiger partial charge >= 0.3 is 0 Å². The number of para-hydroxylation sites is 1. The van der Waals surface area contributed by atoms with Crippen molar-refractivity contribution in [1.82, 2.24) is 20.5 Å². The van der Waals surface area contributed by atoms with Crippen molar-refractivity contribution in [2.24, 2.45) is 11.8 Å². The van der Waals surface area contributed by atoms with Crippen molar-refractivity contribution < 1.29 is 9.53 Å². The van der Waals surface area contributed by atoms with E-state index in [1.165, 1.54) is 32.2 Å². The highest BCUT2D eigenvalue weighted by Crippen LogP contribution is 2.38. The smallest absolute Gasteiger partial charge is 0.270 e. The number of carbonyl (C=O) groups excluding carboxylic acids is 1. The van der Waals surface area contributed by atoms with Crippen LogP contribution in [0.5, 0.6) is 5.75 Å². The van der Waals surface area contributed by atoms with E-state index in [0.717, 1.165) is 29.9 Å². The minimum atomic E-state index is -0.117. The summed E-state index contributed by atoms with van der Waals surface area (Å²) in [6.45, 7) is 4.06. The second kappa shape index (κ2) is 7.92. The molecule has 0 spiro atoms. The van der Waals surface area contributed by atoms with Gasteiger partial charge in [0.05, 0.1) is 12.6 Å². The zero-order valence-corrected chi connectivity index (χ0v) is 17.1. The van der Waals surface area contributed by atoms with Crippen LogP contribution in [0.2, 0.25) is 0 Å². The number of fused-ring (bicyclic) bond motifs is 5.